The summed E-state index contributed by atoms with van der Waals surface area (Å²) in [5.74, 6) is 0. The summed E-state index contributed by atoms with van der Waals surface area (Å²) in [5, 5.41) is 3.70. The highest BCUT2D eigenvalue weighted by Crippen LogP contribution is 2.58. The lowest BCUT2D eigenvalue weighted by Gasteiger charge is -2.61. The third kappa shape index (κ3) is 1.88. The lowest BCUT2D eigenvalue weighted by atomic mass is 9.51. The van der Waals surface area contributed by atoms with E-state index < -0.39 is 0 Å². The van der Waals surface area contributed by atoms with Gasteiger partial charge in [0.25, 0.3) is 0 Å². The normalized spacial score (nSPS) is 28.6. The van der Waals surface area contributed by atoms with E-state index in [0.29, 0.717) is 17.6 Å². The van der Waals surface area contributed by atoms with Crippen molar-refractivity contribution in [2.24, 2.45) is 5.41 Å². The van der Waals surface area contributed by atoms with Crippen molar-refractivity contribution < 1.29 is 4.74 Å². The molecule has 3 heteroatoms. The minimum absolute atomic E-state index is 0.422. The number of para-hydroxylation sites is 1. The summed E-state index contributed by atoms with van der Waals surface area (Å²) in [6.07, 6.45) is 5.63. The Morgan fingerprint density at radius 3 is 2.78 bits per heavy atom. The second-order valence-electron chi connectivity index (χ2n) is 5.44. The molecule has 2 aliphatic rings. The summed E-state index contributed by atoms with van der Waals surface area (Å²) in [4.78, 5) is 0. The maximum Gasteiger partial charge on any atom is 0.0670 e. The molecule has 98 valence electrons. The van der Waals surface area contributed by atoms with E-state index in [4.69, 9.17) is 4.74 Å². The molecule has 0 saturated heterocycles. The average Bonchev–Trinajstić information content (AvgIpc) is 2.28. The largest absolute Gasteiger partial charge is 0.381 e. The summed E-state index contributed by atoms with van der Waals surface area (Å²) < 4.78 is 7.03. The third-order valence-corrected chi connectivity index (χ3v) is 5.33. The average molecular weight is 310 g/mol. The van der Waals surface area contributed by atoms with E-state index in [1.54, 1.807) is 0 Å². The van der Waals surface area contributed by atoms with Gasteiger partial charge in [0, 0.05) is 28.2 Å². The molecule has 0 amide bonds. The van der Waals surface area contributed by atoms with Gasteiger partial charge >= 0.3 is 0 Å². The van der Waals surface area contributed by atoms with Crippen molar-refractivity contribution >= 4 is 21.6 Å². The zero-order chi connectivity index (χ0) is 12.6. The van der Waals surface area contributed by atoms with Crippen LogP contribution in [-0.2, 0) is 4.74 Å². The predicted molar refractivity (Wildman–Crippen MR) is 77.9 cm³/mol. The molecule has 1 spiro atoms. The SMILES string of the molecule is CCOC1CC(Nc2ccccc2Br)C12CCC2. The molecular weight excluding hydrogens is 290 g/mol. The molecule has 2 aliphatic carbocycles. The standard InChI is InChI=1S/C15H20BrNO/c1-2-18-14-10-13(15(14)8-5-9-15)17-12-7-4-3-6-11(12)16/h3-4,6-7,13-14,17H,2,5,8-10H2,1H3. The van der Waals surface area contributed by atoms with Gasteiger partial charge in [-0.15, -0.1) is 0 Å². The maximum atomic E-state index is 5.88. The Hall–Kier alpha value is -0.540. The molecule has 18 heavy (non-hydrogen) atoms. The van der Waals surface area contributed by atoms with Gasteiger partial charge in [-0.05, 0) is 54.2 Å². The molecule has 2 fully saturated rings. The minimum Gasteiger partial charge on any atom is -0.381 e. The molecule has 3 rings (SSSR count). The Labute approximate surface area is 117 Å². The predicted octanol–water partition coefficient (Wildman–Crippen LogP) is 4.21. The number of hydrogen-bond acceptors (Lipinski definition) is 2. The van der Waals surface area contributed by atoms with E-state index in [9.17, 15) is 0 Å². The monoisotopic (exact) mass is 309 g/mol. The van der Waals surface area contributed by atoms with Gasteiger partial charge in [0.15, 0.2) is 0 Å². The first-order valence-electron chi connectivity index (χ1n) is 6.89. The van der Waals surface area contributed by atoms with Crippen molar-refractivity contribution in [2.75, 3.05) is 11.9 Å². The fourth-order valence-electron chi connectivity index (χ4n) is 3.41. The molecule has 0 aliphatic heterocycles. The van der Waals surface area contributed by atoms with Gasteiger partial charge in [0.2, 0.25) is 0 Å². The van der Waals surface area contributed by atoms with Gasteiger partial charge in [-0.1, -0.05) is 18.6 Å². The maximum absolute atomic E-state index is 5.88. The molecule has 0 radical (unpaired) electrons. The van der Waals surface area contributed by atoms with Gasteiger partial charge in [0.1, 0.15) is 0 Å². The van der Waals surface area contributed by atoms with Crippen molar-refractivity contribution in [1.29, 1.82) is 0 Å². The van der Waals surface area contributed by atoms with Crippen molar-refractivity contribution in [3.8, 4) is 0 Å². The van der Waals surface area contributed by atoms with Crippen molar-refractivity contribution in [3.63, 3.8) is 0 Å². The molecule has 2 unspecified atom stereocenters. The fourth-order valence-corrected chi connectivity index (χ4v) is 3.81. The van der Waals surface area contributed by atoms with Gasteiger partial charge in [0.05, 0.1) is 6.10 Å². The number of ether oxygens (including phenoxy) is 1. The van der Waals surface area contributed by atoms with Gasteiger partial charge in [-0.3, -0.25) is 0 Å². The number of rotatable bonds is 4. The van der Waals surface area contributed by atoms with Crippen LogP contribution in [0.4, 0.5) is 5.69 Å². The van der Waals surface area contributed by atoms with Gasteiger partial charge in [-0.25, -0.2) is 0 Å². The van der Waals surface area contributed by atoms with E-state index in [1.165, 1.54) is 24.9 Å². The minimum atomic E-state index is 0.422. The lowest BCUT2D eigenvalue weighted by molar-refractivity contribution is -0.157. The Morgan fingerprint density at radius 2 is 2.17 bits per heavy atom. The number of hydrogen-bond donors (Lipinski definition) is 1. The second-order valence-corrected chi connectivity index (χ2v) is 6.30. The van der Waals surface area contributed by atoms with E-state index in [2.05, 4.69) is 52.4 Å². The Bertz CT molecular complexity index is 430. The van der Waals surface area contributed by atoms with Crippen molar-refractivity contribution in [1.82, 2.24) is 0 Å². The molecule has 2 saturated carbocycles. The highest BCUT2D eigenvalue weighted by atomic mass is 79.9. The molecule has 2 atom stereocenters. The highest BCUT2D eigenvalue weighted by Gasteiger charge is 2.58. The first-order chi connectivity index (χ1) is 8.76. The smallest absolute Gasteiger partial charge is 0.0670 e. The van der Waals surface area contributed by atoms with Crippen molar-refractivity contribution in [2.45, 2.75) is 44.8 Å². The molecule has 1 aromatic rings. The van der Waals surface area contributed by atoms with Crippen LogP contribution < -0.4 is 5.32 Å². The number of anilines is 1. The second kappa shape index (κ2) is 4.86. The van der Waals surface area contributed by atoms with Crippen LogP contribution >= 0.6 is 15.9 Å². The quantitative estimate of drug-likeness (QED) is 0.899. The number of benzene rings is 1. The molecule has 1 N–H and O–H groups in total. The van der Waals surface area contributed by atoms with E-state index in [-0.39, 0.29) is 0 Å². The Balaban J connectivity index is 1.70. The topological polar surface area (TPSA) is 21.3 Å². The van der Waals surface area contributed by atoms with E-state index >= 15 is 0 Å². The fraction of sp³-hybridized carbons (Fsp3) is 0.600. The van der Waals surface area contributed by atoms with Crippen molar-refractivity contribution in [3.05, 3.63) is 28.7 Å². The van der Waals surface area contributed by atoms with Crippen LogP contribution in [0.5, 0.6) is 0 Å². The summed E-state index contributed by atoms with van der Waals surface area (Å²) in [5.41, 5.74) is 1.63. The molecule has 2 nitrogen and oxygen atoms in total. The zero-order valence-electron chi connectivity index (χ0n) is 10.8. The Kier molecular flexibility index (Phi) is 3.37. The van der Waals surface area contributed by atoms with Crippen LogP contribution in [0.3, 0.4) is 0 Å². The lowest BCUT2D eigenvalue weighted by Crippen LogP contribution is -2.64. The highest BCUT2D eigenvalue weighted by molar-refractivity contribution is 9.10. The van der Waals surface area contributed by atoms with Crippen LogP contribution in [-0.4, -0.2) is 18.8 Å². The molecule has 0 bridgehead atoms. The van der Waals surface area contributed by atoms with Crippen LogP contribution in [0.1, 0.15) is 32.6 Å². The summed E-state index contributed by atoms with van der Waals surface area (Å²) >= 11 is 3.61. The summed E-state index contributed by atoms with van der Waals surface area (Å²) in [6, 6.07) is 8.96. The van der Waals surface area contributed by atoms with E-state index in [0.717, 1.165) is 17.5 Å². The van der Waals surface area contributed by atoms with Crippen LogP contribution in [0.2, 0.25) is 0 Å². The first-order valence-corrected chi connectivity index (χ1v) is 7.68. The molecule has 0 aromatic heterocycles. The van der Waals surface area contributed by atoms with Gasteiger partial charge < -0.3 is 10.1 Å². The molecular formula is C15H20BrNO. The van der Waals surface area contributed by atoms with E-state index in [1.807, 2.05) is 0 Å². The van der Waals surface area contributed by atoms with Crippen LogP contribution in [0, 0.1) is 5.41 Å². The zero-order valence-corrected chi connectivity index (χ0v) is 12.4. The molecule has 1 aromatic carbocycles. The number of halogens is 1. The van der Waals surface area contributed by atoms with Crippen LogP contribution in [0.25, 0.3) is 0 Å². The summed E-state index contributed by atoms with van der Waals surface area (Å²) in [7, 11) is 0. The summed E-state index contributed by atoms with van der Waals surface area (Å²) in [6.45, 7) is 2.94. The van der Waals surface area contributed by atoms with Crippen LogP contribution in [0.15, 0.2) is 28.7 Å². The first kappa shape index (κ1) is 12.5. The Morgan fingerprint density at radius 1 is 1.39 bits per heavy atom. The number of nitrogens with one attached hydrogen (secondary N) is 1. The third-order valence-electron chi connectivity index (χ3n) is 4.64. The molecule has 0 heterocycles. The van der Waals surface area contributed by atoms with Gasteiger partial charge in [-0.2, -0.15) is 0 Å².